The highest BCUT2D eigenvalue weighted by molar-refractivity contribution is 6.00. The van der Waals surface area contributed by atoms with Crippen molar-refractivity contribution in [3.05, 3.63) is 11.1 Å². The van der Waals surface area contributed by atoms with Gasteiger partial charge in [0.2, 0.25) is 0 Å². The van der Waals surface area contributed by atoms with Crippen LogP contribution in [0, 0.1) is 0 Å². The number of unbranched alkanes of at least 4 members (excludes halogenated alkanes) is 2. The molecule has 0 saturated heterocycles. The molecule has 0 atom stereocenters. The highest BCUT2D eigenvalue weighted by atomic mass is 16.5. The van der Waals surface area contributed by atoms with Crippen LogP contribution < -0.4 is 0 Å². The zero-order valence-electron chi connectivity index (χ0n) is 11.9. The van der Waals surface area contributed by atoms with E-state index in [1.807, 2.05) is 6.92 Å². The molecular weight excluding hydrogens is 232 g/mol. The minimum Gasteiger partial charge on any atom is -0.466 e. The van der Waals surface area contributed by atoms with Crippen LogP contribution in [0.2, 0.25) is 0 Å². The molecule has 0 bridgehead atoms. The van der Waals surface area contributed by atoms with Gasteiger partial charge in [-0.15, -0.1) is 0 Å². The van der Waals surface area contributed by atoms with Gasteiger partial charge in [0.15, 0.2) is 0 Å². The van der Waals surface area contributed by atoms with Crippen LogP contribution in [0.4, 0.5) is 0 Å². The number of carbonyl (C=O) groups is 2. The molecule has 0 saturated carbocycles. The average molecular weight is 256 g/mol. The van der Waals surface area contributed by atoms with E-state index >= 15 is 0 Å². The molecule has 4 nitrogen and oxygen atoms in total. The Kier molecular flexibility index (Phi) is 8.97. The van der Waals surface area contributed by atoms with Crippen LogP contribution in [0.25, 0.3) is 0 Å². The number of hydrogen-bond acceptors (Lipinski definition) is 4. The van der Waals surface area contributed by atoms with Gasteiger partial charge in [-0.1, -0.05) is 33.1 Å². The minimum atomic E-state index is -0.422. The number of rotatable bonds is 8. The molecule has 0 spiro atoms. The summed E-state index contributed by atoms with van der Waals surface area (Å²) in [6, 6.07) is 0. The molecule has 104 valence electrons. The van der Waals surface area contributed by atoms with Crippen LogP contribution in [-0.2, 0) is 19.1 Å². The first-order valence-corrected chi connectivity index (χ1v) is 6.50. The molecule has 0 aliphatic heterocycles. The Balaban J connectivity index is 5.13. The molecule has 0 amide bonds. The van der Waals surface area contributed by atoms with Gasteiger partial charge in [-0.25, -0.2) is 9.59 Å². The fraction of sp³-hybridized carbons (Fsp3) is 0.714. The van der Waals surface area contributed by atoms with Gasteiger partial charge in [0, 0.05) is 11.1 Å². The quantitative estimate of drug-likeness (QED) is 0.380. The lowest BCUT2D eigenvalue weighted by molar-refractivity contribution is -0.139. The van der Waals surface area contributed by atoms with Gasteiger partial charge in [0.25, 0.3) is 0 Å². The molecule has 0 heterocycles. The molecule has 0 N–H and O–H groups in total. The van der Waals surface area contributed by atoms with E-state index in [1.165, 1.54) is 14.2 Å². The van der Waals surface area contributed by atoms with E-state index in [9.17, 15) is 9.59 Å². The Labute approximate surface area is 109 Å². The summed E-state index contributed by atoms with van der Waals surface area (Å²) in [5, 5.41) is 0. The normalized spacial score (nSPS) is 11.8. The fourth-order valence-electron chi connectivity index (χ4n) is 1.80. The molecule has 4 heteroatoms. The lowest BCUT2D eigenvalue weighted by atomic mass is 9.98. The number of hydrogen-bond donors (Lipinski definition) is 0. The van der Waals surface area contributed by atoms with Crippen molar-refractivity contribution in [2.75, 3.05) is 14.2 Å². The third kappa shape index (κ3) is 5.34. The SMILES string of the molecule is CCCCC/C(C(=O)OC)=C(\CCC)C(=O)OC. The fourth-order valence-corrected chi connectivity index (χ4v) is 1.80. The first kappa shape index (κ1) is 16.7. The van der Waals surface area contributed by atoms with Crippen LogP contribution in [0.3, 0.4) is 0 Å². The van der Waals surface area contributed by atoms with Crippen molar-refractivity contribution >= 4 is 11.9 Å². The number of carbonyl (C=O) groups excluding carboxylic acids is 2. The van der Waals surface area contributed by atoms with E-state index in [4.69, 9.17) is 9.47 Å². The van der Waals surface area contributed by atoms with E-state index in [-0.39, 0.29) is 0 Å². The minimum absolute atomic E-state index is 0.417. The van der Waals surface area contributed by atoms with Crippen molar-refractivity contribution in [1.82, 2.24) is 0 Å². The van der Waals surface area contributed by atoms with Gasteiger partial charge < -0.3 is 9.47 Å². The Hall–Kier alpha value is -1.32. The Bertz CT molecular complexity index is 305. The molecule has 18 heavy (non-hydrogen) atoms. The molecule has 0 unspecified atom stereocenters. The molecule has 0 radical (unpaired) electrons. The van der Waals surface area contributed by atoms with Crippen molar-refractivity contribution in [2.24, 2.45) is 0 Å². The summed E-state index contributed by atoms with van der Waals surface area (Å²) in [5.74, 6) is -0.839. The molecule has 0 rings (SSSR count). The smallest absolute Gasteiger partial charge is 0.334 e. The van der Waals surface area contributed by atoms with Gasteiger partial charge in [-0.3, -0.25) is 0 Å². The van der Waals surface area contributed by atoms with Crippen LogP contribution in [0.5, 0.6) is 0 Å². The third-order valence-corrected chi connectivity index (χ3v) is 2.76. The first-order chi connectivity index (χ1) is 8.62. The second kappa shape index (κ2) is 9.68. The van der Waals surface area contributed by atoms with Gasteiger partial charge >= 0.3 is 11.9 Å². The lowest BCUT2D eigenvalue weighted by Crippen LogP contribution is -2.15. The Morgan fingerprint density at radius 3 is 1.67 bits per heavy atom. The maximum absolute atomic E-state index is 11.8. The number of ether oxygens (including phenoxy) is 2. The maximum atomic E-state index is 11.8. The van der Waals surface area contributed by atoms with Crippen LogP contribution in [0.1, 0.15) is 52.4 Å². The van der Waals surface area contributed by atoms with Crippen molar-refractivity contribution < 1.29 is 19.1 Å². The summed E-state index contributed by atoms with van der Waals surface area (Å²) in [6.45, 7) is 4.05. The van der Waals surface area contributed by atoms with Gasteiger partial charge in [0.1, 0.15) is 0 Å². The van der Waals surface area contributed by atoms with Gasteiger partial charge in [0.05, 0.1) is 14.2 Å². The standard InChI is InChI=1S/C14H24O4/c1-5-7-8-10-12(14(16)18-4)11(9-6-2)13(15)17-3/h5-10H2,1-4H3/b12-11-. The van der Waals surface area contributed by atoms with E-state index in [1.54, 1.807) is 0 Å². The summed E-state index contributed by atoms with van der Waals surface area (Å²) in [7, 11) is 2.67. The van der Waals surface area contributed by atoms with Crippen LogP contribution in [-0.4, -0.2) is 26.2 Å². The Morgan fingerprint density at radius 2 is 1.28 bits per heavy atom. The highest BCUT2D eigenvalue weighted by Crippen LogP contribution is 2.20. The summed E-state index contributed by atoms with van der Waals surface area (Å²) in [6.07, 6.45) is 4.88. The van der Waals surface area contributed by atoms with Gasteiger partial charge in [-0.2, -0.15) is 0 Å². The monoisotopic (exact) mass is 256 g/mol. The largest absolute Gasteiger partial charge is 0.466 e. The van der Waals surface area contributed by atoms with E-state index in [2.05, 4.69) is 6.92 Å². The van der Waals surface area contributed by atoms with Crippen molar-refractivity contribution in [3.8, 4) is 0 Å². The average Bonchev–Trinajstić information content (AvgIpc) is 2.40. The lowest BCUT2D eigenvalue weighted by Gasteiger charge is -2.11. The maximum Gasteiger partial charge on any atom is 0.334 e. The first-order valence-electron chi connectivity index (χ1n) is 6.50. The zero-order valence-corrected chi connectivity index (χ0v) is 11.9. The topological polar surface area (TPSA) is 52.6 Å². The van der Waals surface area contributed by atoms with E-state index in [0.29, 0.717) is 24.0 Å². The number of methoxy groups -OCH3 is 2. The second-order valence-corrected chi connectivity index (χ2v) is 4.15. The highest BCUT2D eigenvalue weighted by Gasteiger charge is 2.21. The number of esters is 2. The molecule has 0 aromatic heterocycles. The van der Waals surface area contributed by atoms with Crippen molar-refractivity contribution in [2.45, 2.75) is 52.4 Å². The molecule has 0 aromatic rings. The van der Waals surface area contributed by atoms with E-state index in [0.717, 1.165) is 25.7 Å². The summed E-state index contributed by atoms with van der Waals surface area (Å²) in [4.78, 5) is 23.5. The third-order valence-electron chi connectivity index (χ3n) is 2.76. The van der Waals surface area contributed by atoms with Crippen molar-refractivity contribution in [1.29, 1.82) is 0 Å². The summed E-state index contributed by atoms with van der Waals surface area (Å²) >= 11 is 0. The molecular formula is C14H24O4. The summed E-state index contributed by atoms with van der Waals surface area (Å²) < 4.78 is 9.50. The molecule has 0 aliphatic carbocycles. The van der Waals surface area contributed by atoms with Crippen LogP contribution >= 0.6 is 0 Å². The molecule has 0 aromatic carbocycles. The van der Waals surface area contributed by atoms with Crippen LogP contribution in [0.15, 0.2) is 11.1 Å². The second-order valence-electron chi connectivity index (χ2n) is 4.15. The Morgan fingerprint density at radius 1 is 0.778 bits per heavy atom. The van der Waals surface area contributed by atoms with E-state index < -0.39 is 11.9 Å². The predicted molar refractivity (Wildman–Crippen MR) is 70.1 cm³/mol. The summed E-state index contributed by atoms with van der Waals surface area (Å²) in [5.41, 5.74) is 0.933. The predicted octanol–water partition coefficient (Wildman–Crippen LogP) is 3.01. The molecule has 0 fully saturated rings. The van der Waals surface area contributed by atoms with Crippen molar-refractivity contribution in [3.63, 3.8) is 0 Å². The molecule has 0 aliphatic rings. The zero-order chi connectivity index (χ0) is 14.0. The van der Waals surface area contributed by atoms with Gasteiger partial charge in [-0.05, 0) is 19.3 Å².